The normalized spacial score (nSPS) is 19.1. The van der Waals surface area contributed by atoms with Crippen LogP contribution in [0.15, 0.2) is 18.2 Å². The molecule has 0 bridgehead atoms. The van der Waals surface area contributed by atoms with Crippen LogP contribution in [0.5, 0.6) is 5.75 Å². The van der Waals surface area contributed by atoms with E-state index in [0.29, 0.717) is 37.8 Å². The van der Waals surface area contributed by atoms with Gasteiger partial charge in [0.15, 0.2) is 6.29 Å². The fourth-order valence-corrected chi connectivity index (χ4v) is 3.47. The van der Waals surface area contributed by atoms with Gasteiger partial charge in [0.1, 0.15) is 5.75 Å². The first-order valence-corrected chi connectivity index (χ1v) is 9.14. The van der Waals surface area contributed by atoms with E-state index in [0.717, 1.165) is 25.9 Å². The number of nitro benzene ring substituents is 1. The number of hydrogen-bond acceptors (Lipinski definition) is 7. The lowest BCUT2D eigenvalue weighted by atomic mass is 9.96. The van der Waals surface area contributed by atoms with Gasteiger partial charge in [-0.05, 0) is 32.0 Å². The molecule has 2 fully saturated rings. The first kappa shape index (κ1) is 19.5. The molecule has 0 aromatic heterocycles. The summed E-state index contributed by atoms with van der Waals surface area (Å²) in [6, 6.07) is 4.13. The van der Waals surface area contributed by atoms with Crippen molar-refractivity contribution in [3.63, 3.8) is 0 Å². The largest absolute Gasteiger partial charge is 0.494 e. The molecule has 2 saturated heterocycles. The Kier molecular flexibility index (Phi) is 6.59. The summed E-state index contributed by atoms with van der Waals surface area (Å²) in [5, 5.41) is 13.6. The number of rotatable bonds is 7. The Morgan fingerprint density at radius 2 is 2.04 bits per heavy atom. The highest BCUT2D eigenvalue weighted by atomic mass is 16.7. The second-order valence-corrected chi connectivity index (χ2v) is 6.73. The molecule has 0 unspecified atom stereocenters. The molecule has 1 amide bonds. The van der Waals surface area contributed by atoms with E-state index in [4.69, 9.17) is 14.2 Å². The van der Waals surface area contributed by atoms with Gasteiger partial charge in [0.05, 0.1) is 37.0 Å². The van der Waals surface area contributed by atoms with Gasteiger partial charge >= 0.3 is 0 Å². The summed E-state index contributed by atoms with van der Waals surface area (Å²) in [6.07, 6.45) is 2.29. The summed E-state index contributed by atoms with van der Waals surface area (Å²) in [4.78, 5) is 24.8. The van der Waals surface area contributed by atoms with Gasteiger partial charge in [-0.25, -0.2) is 0 Å². The van der Waals surface area contributed by atoms with Crippen LogP contribution in [0.1, 0.15) is 19.3 Å². The Labute approximate surface area is 157 Å². The summed E-state index contributed by atoms with van der Waals surface area (Å²) < 4.78 is 16.3. The van der Waals surface area contributed by atoms with Gasteiger partial charge in [-0.15, -0.1) is 0 Å². The van der Waals surface area contributed by atoms with E-state index >= 15 is 0 Å². The predicted octanol–water partition coefficient (Wildman–Crippen LogP) is 2.02. The Hall–Kier alpha value is -2.23. The van der Waals surface area contributed by atoms with Gasteiger partial charge in [-0.1, -0.05) is 0 Å². The van der Waals surface area contributed by atoms with Gasteiger partial charge in [-0.2, -0.15) is 0 Å². The summed E-state index contributed by atoms with van der Waals surface area (Å²) in [5.74, 6) is 0.559. The summed E-state index contributed by atoms with van der Waals surface area (Å²) in [7, 11) is 1.41. The van der Waals surface area contributed by atoms with Crippen molar-refractivity contribution in [1.82, 2.24) is 4.90 Å². The van der Waals surface area contributed by atoms with Crippen LogP contribution in [0.2, 0.25) is 0 Å². The SMILES string of the molecule is COc1cc([N+](=O)[O-])ccc1NC(=O)CCN1CCC(C2OCCO2)CC1. The number of nitrogens with one attached hydrogen (secondary N) is 1. The second-order valence-electron chi connectivity index (χ2n) is 6.73. The molecule has 2 aliphatic rings. The van der Waals surface area contributed by atoms with E-state index in [1.807, 2.05) is 0 Å². The maximum atomic E-state index is 12.2. The van der Waals surface area contributed by atoms with E-state index < -0.39 is 4.92 Å². The van der Waals surface area contributed by atoms with Gasteiger partial charge < -0.3 is 24.4 Å². The molecule has 0 spiro atoms. The molecule has 27 heavy (non-hydrogen) atoms. The summed E-state index contributed by atoms with van der Waals surface area (Å²) in [5.41, 5.74) is 0.352. The van der Waals surface area contributed by atoms with Crippen LogP contribution in [0.25, 0.3) is 0 Å². The number of benzene rings is 1. The highest BCUT2D eigenvalue weighted by molar-refractivity contribution is 5.92. The highest BCUT2D eigenvalue weighted by Crippen LogP contribution is 2.29. The first-order valence-electron chi connectivity index (χ1n) is 9.14. The topological polar surface area (TPSA) is 103 Å². The van der Waals surface area contributed by atoms with Gasteiger partial charge in [0.2, 0.25) is 5.91 Å². The Balaban J connectivity index is 1.44. The number of ether oxygens (including phenoxy) is 3. The van der Waals surface area contributed by atoms with Crippen molar-refractivity contribution in [2.45, 2.75) is 25.6 Å². The highest BCUT2D eigenvalue weighted by Gasteiger charge is 2.30. The fraction of sp³-hybridized carbons (Fsp3) is 0.611. The average molecular weight is 379 g/mol. The third-order valence-corrected chi connectivity index (χ3v) is 4.99. The number of anilines is 1. The lowest BCUT2D eigenvalue weighted by Gasteiger charge is -2.33. The molecule has 0 radical (unpaired) electrons. The molecule has 2 heterocycles. The molecule has 1 aromatic carbocycles. The number of carbonyl (C=O) groups is 1. The molecule has 1 aromatic rings. The molecule has 0 saturated carbocycles. The number of hydrogen-bond donors (Lipinski definition) is 1. The number of non-ortho nitro benzene ring substituents is 1. The molecule has 2 aliphatic heterocycles. The number of nitrogens with zero attached hydrogens (tertiary/aromatic N) is 2. The van der Waals surface area contributed by atoms with E-state index in [1.165, 1.54) is 25.3 Å². The van der Waals surface area contributed by atoms with E-state index in [9.17, 15) is 14.9 Å². The number of carbonyl (C=O) groups excluding carboxylic acids is 1. The molecule has 1 N–H and O–H groups in total. The fourth-order valence-electron chi connectivity index (χ4n) is 3.47. The van der Waals surface area contributed by atoms with Gasteiger partial charge in [0.25, 0.3) is 5.69 Å². The number of nitro groups is 1. The van der Waals surface area contributed by atoms with Crippen molar-refractivity contribution < 1.29 is 23.9 Å². The lowest BCUT2D eigenvalue weighted by Crippen LogP contribution is -2.39. The monoisotopic (exact) mass is 379 g/mol. The number of amides is 1. The minimum atomic E-state index is -0.501. The number of piperidine rings is 1. The first-order chi connectivity index (χ1) is 13.1. The zero-order valence-corrected chi connectivity index (χ0v) is 15.4. The van der Waals surface area contributed by atoms with Crippen molar-refractivity contribution >= 4 is 17.3 Å². The summed E-state index contributed by atoms with van der Waals surface area (Å²) in [6.45, 7) is 3.86. The maximum absolute atomic E-state index is 12.2. The lowest BCUT2D eigenvalue weighted by molar-refractivity contribution is -0.384. The Bertz CT molecular complexity index is 669. The molecular formula is C18H25N3O6. The van der Waals surface area contributed by atoms with Crippen LogP contribution in [0, 0.1) is 16.0 Å². The van der Waals surface area contributed by atoms with Crippen LogP contribution >= 0.6 is 0 Å². The molecule has 9 nitrogen and oxygen atoms in total. The second kappa shape index (κ2) is 9.12. The quantitative estimate of drug-likeness (QED) is 0.571. The van der Waals surface area contributed by atoms with Crippen molar-refractivity contribution in [1.29, 1.82) is 0 Å². The predicted molar refractivity (Wildman–Crippen MR) is 97.8 cm³/mol. The molecular weight excluding hydrogens is 354 g/mol. The number of methoxy groups -OCH3 is 1. The standard InChI is InChI=1S/C18H25N3O6/c1-25-16-12-14(21(23)24)2-3-15(16)19-17(22)6-9-20-7-4-13(5-8-20)18-26-10-11-27-18/h2-3,12-13,18H,4-11H2,1H3,(H,19,22). The van der Waals surface area contributed by atoms with Crippen LogP contribution in [-0.4, -0.2) is 62.0 Å². The Morgan fingerprint density at radius 1 is 1.33 bits per heavy atom. The van der Waals surface area contributed by atoms with Gasteiger partial charge in [-0.3, -0.25) is 14.9 Å². The van der Waals surface area contributed by atoms with Crippen LogP contribution < -0.4 is 10.1 Å². The van der Waals surface area contributed by atoms with Crippen molar-refractivity contribution in [2.75, 3.05) is 45.3 Å². The molecule has 148 valence electrons. The molecule has 0 aliphatic carbocycles. The van der Waals surface area contributed by atoms with E-state index in [1.54, 1.807) is 0 Å². The zero-order chi connectivity index (χ0) is 19.2. The van der Waals surface area contributed by atoms with Crippen molar-refractivity contribution in [2.24, 2.45) is 5.92 Å². The van der Waals surface area contributed by atoms with Gasteiger partial charge in [0, 0.05) is 24.9 Å². The van der Waals surface area contributed by atoms with Crippen LogP contribution in [-0.2, 0) is 14.3 Å². The third-order valence-electron chi connectivity index (χ3n) is 4.99. The zero-order valence-electron chi connectivity index (χ0n) is 15.4. The average Bonchev–Trinajstić information content (AvgIpc) is 3.21. The molecule has 3 rings (SSSR count). The van der Waals surface area contributed by atoms with Crippen molar-refractivity contribution in [3.05, 3.63) is 28.3 Å². The van der Waals surface area contributed by atoms with E-state index in [-0.39, 0.29) is 23.6 Å². The minimum absolute atomic E-state index is 0.0648. The minimum Gasteiger partial charge on any atom is -0.494 e. The molecule has 0 atom stereocenters. The molecule has 9 heteroatoms. The maximum Gasteiger partial charge on any atom is 0.273 e. The summed E-state index contributed by atoms with van der Waals surface area (Å²) >= 11 is 0. The van der Waals surface area contributed by atoms with Crippen LogP contribution in [0.4, 0.5) is 11.4 Å². The number of likely N-dealkylation sites (tertiary alicyclic amines) is 1. The Morgan fingerprint density at radius 3 is 2.67 bits per heavy atom. The van der Waals surface area contributed by atoms with Crippen molar-refractivity contribution in [3.8, 4) is 5.75 Å². The third kappa shape index (κ3) is 5.15. The van der Waals surface area contributed by atoms with E-state index in [2.05, 4.69) is 10.2 Å². The smallest absolute Gasteiger partial charge is 0.273 e. The van der Waals surface area contributed by atoms with Crippen LogP contribution in [0.3, 0.4) is 0 Å².